The van der Waals surface area contributed by atoms with Crippen LogP contribution >= 0.6 is 0 Å². The van der Waals surface area contributed by atoms with Crippen LogP contribution in [0.5, 0.6) is 0 Å². The first kappa shape index (κ1) is 19.4. The summed E-state index contributed by atoms with van der Waals surface area (Å²) in [5.74, 6) is -1.56. The lowest BCUT2D eigenvalue weighted by Gasteiger charge is -2.37. The topological polar surface area (TPSA) is 113 Å². The Balaban J connectivity index is 2.06. The van der Waals surface area contributed by atoms with Crippen LogP contribution in [0.4, 0.5) is 0 Å². The number of hydrogen-bond acceptors (Lipinski definition) is 5. The Morgan fingerprint density at radius 2 is 1.84 bits per heavy atom. The van der Waals surface area contributed by atoms with Gasteiger partial charge in [0.05, 0.1) is 23.4 Å². The molecule has 1 fully saturated rings. The van der Waals surface area contributed by atoms with Crippen molar-refractivity contribution in [3.05, 3.63) is 30.3 Å². The van der Waals surface area contributed by atoms with E-state index in [9.17, 15) is 18.0 Å². The van der Waals surface area contributed by atoms with Crippen molar-refractivity contribution >= 4 is 21.9 Å². The lowest BCUT2D eigenvalue weighted by atomic mass is 9.86. The number of ether oxygens (including phenoxy) is 1. The van der Waals surface area contributed by atoms with E-state index in [0.29, 0.717) is 26.1 Å². The molecule has 1 saturated heterocycles. The fourth-order valence-electron chi connectivity index (χ4n) is 2.79. The molecule has 1 aromatic rings. The van der Waals surface area contributed by atoms with Gasteiger partial charge in [-0.2, -0.15) is 4.31 Å². The molecule has 8 nitrogen and oxygen atoms in total. The van der Waals surface area contributed by atoms with Crippen molar-refractivity contribution in [2.24, 2.45) is 0 Å². The first-order valence-corrected chi connectivity index (χ1v) is 9.31. The highest BCUT2D eigenvalue weighted by Gasteiger charge is 2.37. The Hall–Kier alpha value is -1.97. The molecule has 1 aromatic carbocycles. The van der Waals surface area contributed by atoms with Crippen LogP contribution in [0.2, 0.25) is 0 Å². The number of aliphatic carboxylic acids is 1. The second kappa shape index (κ2) is 7.94. The van der Waals surface area contributed by atoms with Crippen LogP contribution in [-0.4, -0.2) is 62.1 Å². The first-order valence-electron chi connectivity index (χ1n) is 7.87. The number of hydrogen-bond donors (Lipinski definition) is 2. The van der Waals surface area contributed by atoms with Gasteiger partial charge in [0, 0.05) is 20.3 Å². The lowest BCUT2D eigenvalue weighted by molar-refractivity contribution is -0.140. The summed E-state index contributed by atoms with van der Waals surface area (Å²) in [6.45, 7) is 0.316. The highest BCUT2D eigenvalue weighted by Crippen LogP contribution is 2.24. The molecule has 0 saturated carbocycles. The van der Waals surface area contributed by atoms with Gasteiger partial charge in [-0.25, -0.2) is 8.42 Å². The molecular weight excluding hydrogens is 348 g/mol. The van der Waals surface area contributed by atoms with E-state index in [1.54, 1.807) is 18.2 Å². The molecule has 0 spiro atoms. The molecule has 2 rings (SSSR count). The summed E-state index contributed by atoms with van der Waals surface area (Å²) in [5.41, 5.74) is -0.904. The van der Waals surface area contributed by atoms with Gasteiger partial charge in [-0.3, -0.25) is 9.59 Å². The summed E-state index contributed by atoms with van der Waals surface area (Å²) in [5, 5.41) is 11.8. The largest absolute Gasteiger partial charge is 0.481 e. The molecule has 2 N–H and O–H groups in total. The van der Waals surface area contributed by atoms with Crippen LogP contribution in [-0.2, 0) is 24.3 Å². The summed E-state index contributed by atoms with van der Waals surface area (Å²) in [4.78, 5) is 23.6. The molecule has 0 aliphatic carbocycles. The SMILES string of the molecule is CN(CC(=O)NC1(CC(=O)O)CCOCC1)S(=O)(=O)c1ccccc1. The van der Waals surface area contributed by atoms with E-state index in [1.807, 2.05) is 0 Å². The van der Waals surface area contributed by atoms with Crippen molar-refractivity contribution in [3.8, 4) is 0 Å². The third kappa shape index (κ3) is 5.00. The molecule has 1 heterocycles. The third-order valence-corrected chi connectivity index (χ3v) is 5.98. The normalized spacial score (nSPS) is 17.2. The average molecular weight is 370 g/mol. The summed E-state index contributed by atoms with van der Waals surface area (Å²) in [7, 11) is -2.47. The molecule has 0 unspecified atom stereocenters. The van der Waals surface area contributed by atoms with Gasteiger partial charge in [-0.05, 0) is 25.0 Å². The van der Waals surface area contributed by atoms with E-state index in [-0.39, 0.29) is 17.9 Å². The zero-order valence-electron chi connectivity index (χ0n) is 14.0. The predicted molar refractivity (Wildman–Crippen MR) is 89.4 cm³/mol. The fraction of sp³-hybridized carbons (Fsp3) is 0.500. The van der Waals surface area contributed by atoms with Gasteiger partial charge >= 0.3 is 5.97 Å². The molecule has 1 aliphatic rings. The molecule has 25 heavy (non-hydrogen) atoms. The van der Waals surface area contributed by atoms with E-state index in [2.05, 4.69) is 5.32 Å². The number of carboxylic acid groups (broad SMARTS) is 1. The van der Waals surface area contributed by atoms with Crippen molar-refractivity contribution in [2.75, 3.05) is 26.8 Å². The van der Waals surface area contributed by atoms with Gasteiger partial charge in [0.25, 0.3) is 0 Å². The predicted octanol–water partition coefficient (Wildman–Crippen LogP) is 0.447. The monoisotopic (exact) mass is 370 g/mol. The molecule has 9 heteroatoms. The number of nitrogens with one attached hydrogen (secondary N) is 1. The third-order valence-electron chi connectivity index (χ3n) is 4.16. The fourth-order valence-corrected chi connectivity index (χ4v) is 3.94. The highest BCUT2D eigenvalue weighted by molar-refractivity contribution is 7.89. The van der Waals surface area contributed by atoms with Crippen LogP contribution in [0.15, 0.2) is 35.2 Å². The number of carbonyl (C=O) groups is 2. The maximum atomic E-state index is 12.4. The minimum absolute atomic E-state index is 0.0941. The zero-order chi connectivity index (χ0) is 18.5. The number of nitrogens with zero attached hydrogens (tertiary/aromatic N) is 1. The van der Waals surface area contributed by atoms with Gasteiger partial charge in [0.15, 0.2) is 0 Å². The summed E-state index contributed by atoms with van der Waals surface area (Å²) >= 11 is 0. The van der Waals surface area contributed by atoms with Crippen molar-refractivity contribution in [1.82, 2.24) is 9.62 Å². The maximum Gasteiger partial charge on any atom is 0.305 e. The van der Waals surface area contributed by atoms with E-state index in [1.165, 1.54) is 19.2 Å². The Bertz CT molecular complexity index is 713. The van der Waals surface area contributed by atoms with Crippen molar-refractivity contribution < 1.29 is 27.9 Å². The standard InChI is InChI=1S/C16H22N2O6S/c1-18(25(22,23)13-5-3-2-4-6-13)12-14(19)17-16(11-15(20)21)7-9-24-10-8-16/h2-6H,7-12H2,1H3,(H,17,19)(H,20,21). The van der Waals surface area contributed by atoms with Gasteiger partial charge in [0.2, 0.25) is 15.9 Å². The minimum atomic E-state index is -3.79. The second-order valence-electron chi connectivity index (χ2n) is 6.09. The summed E-state index contributed by atoms with van der Waals surface area (Å²) in [6.07, 6.45) is 0.525. The molecule has 0 atom stereocenters. The maximum absolute atomic E-state index is 12.4. The van der Waals surface area contributed by atoms with E-state index < -0.39 is 27.4 Å². The van der Waals surface area contributed by atoms with Gasteiger partial charge in [-0.15, -0.1) is 0 Å². The Labute approximate surface area is 146 Å². The van der Waals surface area contributed by atoms with Crippen LogP contribution in [0.25, 0.3) is 0 Å². The quantitative estimate of drug-likeness (QED) is 0.720. The molecule has 0 bridgehead atoms. The number of benzene rings is 1. The number of amides is 1. The van der Waals surface area contributed by atoms with Crippen LogP contribution < -0.4 is 5.32 Å². The number of sulfonamides is 1. The lowest BCUT2D eigenvalue weighted by Crippen LogP contribution is -2.55. The highest BCUT2D eigenvalue weighted by atomic mass is 32.2. The first-order chi connectivity index (χ1) is 11.8. The van der Waals surface area contributed by atoms with Crippen LogP contribution in [0.1, 0.15) is 19.3 Å². The van der Waals surface area contributed by atoms with E-state index in [4.69, 9.17) is 9.84 Å². The Kier molecular flexibility index (Phi) is 6.15. The average Bonchev–Trinajstić information content (AvgIpc) is 2.55. The molecule has 138 valence electrons. The van der Waals surface area contributed by atoms with Crippen molar-refractivity contribution in [2.45, 2.75) is 29.7 Å². The number of likely N-dealkylation sites (N-methyl/N-ethyl adjacent to an activating group) is 1. The van der Waals surface area contributed by atoms with Gasteiger partial charge in [-0.1, -0.05) is 18.2 Å². The van der Waals surface area contributed by atoms with Crippen LogP contribution in [0.3, 0.4) is 0 Å². The van der Waals surface area contributed by atoms with E-state index in [0.717, 1.165) is 4.31 Å². The Morgan fingerprint density at radius 1 is 1.24 bits per heavy atom. The van der Waals surface area contributed by atoms with Crippen molar-refractivity contribution in [3.63, 3.8) is 0 Å². The van der Waals surface area contributed by atoms with Crippen LogP contribution in [0, 0.1) is 0 Å². The number of carbonyl (C=O) groups excluding carboxylic acids is 1. The zero-order valence-corrected chi connectivity index (χ0v) is 14.8. The summed E-state index contributed by atoms with van der Waals surface area (Å²) in [6, 6.07) is 7.81. The minimum Gasteiger partial charge on any atom is -0.481 e. The molecule has 0 radical (unpaired) electrons. The Morgan fingerprint density at radius 3 is 2.40 bits per heavy atom. The second-order valence-corrected chi connectivity index (χ2v) is 8.13. The summed E-state index contributed by atoms with van der Waals surface area (Å²) < 4.78 is 31.1. The number of carboxylic acids is 1. The molecule has 1 amide bonds. The molecule has 1 aliphatic heterocycles. The van der Waals surface area contributed by atoms with Gasteiger partial charge in [0.1, 0.15) is 0 Å². The molecule has 0 aromatic heterocycles. The number of rotatable bonds is 7. The van der Waals surface area contributed by atoms with Crippen molar-refractivity contribution in [1.29, 1.82) is 0 Å². The van der Waals surface area contributed by atoms with Gasteiger partial charge < -0.3 is 15.2 Å². The van der Waals surface area contributed by atoms with E-state index >= 15 is 0 Å². The smallest absolute Gasteiger partial charge is 0.305 e. The molecular formula is C16H22N2O6S.